The minimum atomic E-state index is -1.50. The van der Waals surface area contributed by atoms with Crippen molar-refractivity contribution in [3.8, 4) is 0 Å². The number of rotatable bonds is 3. The molecule has 17 heavy (non-hydrogen) atoms. The van der Waals surface area contributed by atoms with Crippen LogP contribution in [0.3, 0.4) is 0 Å². The molecule has 0 spiro atoms. The van der Waals surface area contributed by atoms with Gasteiger partial charge < -0.3 is 10.7 Å². The summed E-state index contributed by atoms with van der Waals surface area (Å²) in [6, 6.07) is 0. The van der Waals surface area contributed by atoms with Crippen LogP contribution in [0.4, 0.5) is 0 Å². The normalized spacial score (nSPS) is 11.2. The molecule has 0 aliphatic rings. The zero-order chi connectivity index (χ0) is 13.4. The van der Waals surface area contributed by atoms with Gasteiger partial charge in [-0.1, -0.05) is 0 Å². The maximum atomic E-state index is 11.9. The summed E-state index contributed by atoms with van der Waals surface area (Å²) in [4.78, 5) is 48.1. The van der Waals surface area contributed by atoms with Crippen molar-refractivity contribution in [1.29, 1.82) is 0 Å². The Bertz CT molecular complexity index is 594. The van der Waals surface area contributed by atoms with Crippen molar-refractivity contribution in [2.24, 2.45) is 5.73 Å². The Morgan fingerprint density at radius 3 is 2.29 bits per heavy atom. The molecule has 92 valence electrons. The quantitative estimate of drug-likeness (QED) is 0.655. The third-order valence-electron chi connectivity index (χ3n) is 2.52. The van der Waals surface area contributed by atoms with Crippen molar-refractivity contribution < 1.29 is 9.59 Å². The van der Waals surface area contributed by atoms with Gasteiger partial charge in [0.05, 0.1) is 5.56 Å². The van der Waals surface area contributed by atoms with Crippen LogP contribution in [0.2, 0.25) is 0 Å². The largest absolute Gasteiger partial charge is 0.368 e. The summed E-state index contributed by atoms with van der Waals surface area (Å²) in [5.41, 5.74) is 1.81. The fourth-order valence-corrected chi connectivity index (χ4v) is 1.34. The summed E-state index contributed by atoms with van der Waals surface area (Å²) in [5.74, 6) is -1.34. The smallest absolute Gasteiger partial charge is 0.329 e. The average Bonchev–Trinajstić information content (AvgIpc) is 2.16. The Morgan fingerprint density at radius 2 is 1.88 bits per heavy atom. The van der Waals surface area contributed by atoms with E-state index in [4.69, 9.17) is 5.73 Å². The molecule has 1 rings (SSSR count). The van der Waals surface area contributed by atoms with E-state index in [1.807, 2.05) is 0 Å². The standard InChI is InChI=1S/C10H13N3O4/c1-5(14)6-4-12-9(17)13(7(6)15)10(2,3)8(11)16/h4H,1-3H3,(H2,11,16)(H,12,17). The molecule has 0 fully saturated rings. The first-order chi connectivity index (χ1) is 7.69. The number of nitrogens with zero attached hydrogens (tertiary/aromatic N) is 1. The summed E-state index contributed by atoms with van der Waals surface area (Å²) in [6.45, 7) is 3.85. The molecule has 0 aromatic carbocycles. The van der Waals surface area contributed by atoms with Gasteiger partial charge in [0.25, 0.3) is 5.56 Å². The van der Waals surface area contributed by atoms with Crippen molar-refractivity contribution in [1.82, 2.24) is 9.55 Å². The fourth-order valence-electron chi connectivity index (χ4n) is 1.34. The summed E-state index contributed by atoms with van der Waals surface area (Å²) in [5, 5.41) is 0. The van der Waals surface area contributed by atoms with Gasteiger partial charge in [-0.15, -0.1) is 0 Å². The van der Waals surface area contributed by atoms with E-state index in [1.165, 1.54) is 20.8 Å². The molecule has 0 radical (unpaired) electrons. The predicted octanol–water partition coefficient (Wildman–Crippen LogP) is -1.04. The predicted molar refractivity (Wildman–Crippen MR) is 59.8 cm³/mol. The highest BCUT2D eigenvalue weighted by Gasteiger charge is 2.31. The number of ketones is 1. The lowest BCUT2D eigenvalue weighted by atomic mass is 10.0. The Balaban J connectivity index is 3.72. The van der Waals surface area contributed by atoms with Crippen molar-refractivity contribution in [2.75, 3.05) is 0 Å². The van der Waals surface area contributed by atoms with E-state index >= 15 is 0 Å². The van der Waals surface area contributed by atoms with E-state index in [2.05, 4.69) is 4.98 Å². The van der Waals surface area contributed by atoms with Crippen LogP contribution < -0.4 is 17.0 Å². The van der Waals surface area contributed by atoms with Crippen LogP contribution in [0.25, 0.3) is 0 Å². The fraction of sp³-hybridized carbons (Fsp3) is 0.400. The molecule has 0 aliphatic carbocycles. The number of hydrogen-bond acceptors (Lipinski definition) is 4. The number of primary amides is 1. The average molecular weight is 239 g/mol. The van der Waals surface area contributed by atoms with Crippen LogP contribution >= 0.6 is 0 Å². The lowest BCUT2D eigenvalue weighted by molar-refractivity contribution is -0.125. The molecule has 1 aromatic rings. The van der Waals surface area contributed by atoms with E-state index in [-0.39, 0.29) is 5.56 Å². The molecule has 0 bridgehead atoms. The van der Waals surface area contributed by atoms with Gasteiger partial charge in [0.1, 0.15) is 5.54 Å². The highest BCUT2D eigenvalue weighted by Crippen LogP contribution is 2.08. The molecule has 0 atom stereocenters. The number of nitrogens with one attached hydrogen (secondary N) is 1. The van der Waals surface area contributed by atoms with Crippen LogP contribution in [0.5, 0.6) is 0 Å². The van der Waals surface area contributed by atoms with Crippen molar-refractivity contribution in [3.63, 3.8) is 0 Å². The Kier molecular flexibility index (Phi) is 3.03. The lowest BCUT2D eigenvalue weighted by Crippen LogP contribution is -2.53. The molecule has 0 aliphatic heterocycles. The SMILES string of the molecule is CC(=O)c1c[nH]c(=O)n(C(C)(C)C(N)=O)c1=O. The van der Waals surface area contributed by atoms with Crippen molar-refractivity contribution in [3.05, 3.63) is 32.6 Å². The van der Waals surface area contributed by atoms with Crippen LogP contribution in [0.1, 0.15) is 31.1 Å². The van der Waals surface area contributed by atoms with Gasteiger partial charge in [-0.2, -0.15) is 0 Å². The molecule has 1 aromatic heterocycles. The number of hydrogen-bond donors (Lipinski definition) is 2. The highest BCUT2D eigenvalue weighted by molar-refractivity contribution is 5.93. The maximum Gasteiger partial charge on any atom is 0.329 e. The number of aromatic nitrogens is 2. The second-order valence-electron chi connectivity index (χ2n) is 4.13. The van der Waals surface area contributed by atoms with Gasteiger partial charge in [-0.3, -0.25) is 14.4 Å². The van der Waals surface area contributed by atoms with Gasteiger partial charge in [-0.25, -0.2) is 9.36 Å². The molecule has 1 heterocycles. The van der Waals surface area contributed by atoms with Crippen LogP contribution in [-0.4, -0.2) is 21.2 Å². The monoisotopic (exact) mass is 239 g/mol. The topological polar surface area (TPSA) is 115 Å². The molecule has 7 heteroatoms. The number of nitrogens with two attached hydrogens (primary N) is 1. The molecule has 0 saturated heterocycles. The third-order valence-corrected chi connectivity index (χ3v) is 2.52. The van der Waals surface area contributed by atoms with Gasteiger partial charge in [-0.05, 0) is 20.8 Å². The van der Waals surface area contributed by atoms with Gasteiger partial charge in [0.2, 0.25) is 5.91 Å². The van der Waals surface area contributed by atoms with E-state index in [0.717, 1.165) is 6.20 Å². The molecule has 0 unspecified atom stereocenters. The molecular weight excluding hydrogens is 226 g/mol. The number of Topliss-reactive ketones (excluding diaryl/α,β-unsaturated/α-hetero) is 1. The van der Waals surface area contributed by atoms with E-state index < -0.39 is 28.5 Å². The first-order valence-electron chi connectivity index (χ1n) is 4.85. The highest BCUT2D eigenvalue weighted by atomic mass is 16.2. The second kappa shape index (κ2) is 4.00. The van der Waals surface area contributed by atoms with Crippen LogP contribution in [0.15, 0.2) is 15.8 Å². The second-order valence-corrected chi connectivity index (χ2v) is 4.13. The minimum Gasteiger partial charge on any atom is -0.368 e. The zero-order valence-corrected chi connectivity index (χ0v) is 9.73. The van der Waals surface area contributed by atoms with Crippen LogP contribution in [-0.2, 0) is 10.3 Å². The van der Waals surface area contributed by atoms with E-state index in [0.29, 0.717) is 4.57 Å². The maximum absolute atomic E-state index is 11.9. The molecular formula is C10H13N3O4. The van der Waals surface area contributed by atoms with Gasteiger partial charge >= 0.3 is 5.69 Å². The van der Waals surface area contributed by atoms with Crippen LogP contribution in [0, 0.1) is 0 Å². The number of aromatic amines is 1. The molecule has 7 nitrogen and oxygen atoms in total. The number of carbonyl (C=O) groups is 2. The third kappa shape index (κ3) is 2.03. The first kappa shape index (κ1) is 12.9. The van der Waals surface area contributed by atoms with Gasteiger partial charge in [0, 0.05) is 6.20 Å². The molecule has 1 amide bonds. The number of carbonyl (C=O) groups excluding carboxylic acids is 2. The van der Waals surface area contributed by atoms with Gasteiger partial charge in [0.15, 0.2) is 5.78 Å². The summed E-state index contributed by atoms with van der Waals surface area (Å²) >= 11 is 0. The van der Waals surface area contributed by atoms with E-state index in [9.17, 15) is 19.2 Å². The Labute approximate surface area is 96.3 Å². The molecule has 0 saturated carbocycles. The number of amides is 1. The zero-order valence-electron chi connectivity index (χ0n) is 9.73. The summed E-state index contributed by atoms with van der Waals surface area (Å²) in [7, 11) is 0. The lowest BCUT2D eigenvalue weighted by Gasteiger charge is -2.22. The summed E-state index contributed by atoms with van der Waals surface area (Å²) in [6.07, 6.45) is 1.03. The minimum absolute atomic E-state index is 0.195. The van der Waals surface area contributed by atoms with Crippen molar-refractivity contribution in [2.45, 2.75) is 26.3 Å². The molecule has 3 N–H and O–H groups in total. The first-order valence-corrected chi connectivity index (χ1v) is 4.85. The van der Waals surface area contributed by atoms with E-state index in [1.54, 1.807) is 0 Å². The Morgan fingerprint density at radius 1 is 1.35 bits per heavy atom. The number of H-pyrrole nitrogens is 1. The summed E-state index contributed by atoms with van der Waals surface area (Å²) < 4.78 is 0.645. The van der Waals surface area contributed by atoms with Crippen molar-refractivity contribution >= 4 is 11.7 Å². The Hall–Kier alpha value is -2.18.